The molecule has 0 radical (unpaired) electrons. The third-order valence-electron chi connectivity index (χ3n) is 8.26. The van der Waals surface area contributed by atoms with E-state index in [0.717, 1.165) is 16.9 Å². The van der Waals surface area contributed by atoms with Crippen molar-refractivity contribution in [3.8, 4) is 5.75 Å². The lowest BCUT2D eigenvalue weighted by Gasteiger charge is -2.44. The van der Waals surface area contributed by atoms with Crippen LogP contribution in [0.15, 0.2) is 67.1 Å². The number of aromatic nitrogens is 2. The van der Waals surface area contributed by atoms with Crippen LogP contribution in [0, 0.1) is 0 Å². The Labute approximate surface area is 245 Å². The van der Waals surface area contributed by atoms with Gasteiger partial charge in [0, 0.05) is 50.1 Å². The fraction of sp³-hybridized carbons (Fsp3) is 0.419. The van der Waals surface area contributed by atoms with Gasteiger partial charge in [-0.3, -0.25) is 14.4 Å². The van der Waals surface area contributed by atoms with E-state index in [1.807, 2.05) is 54.6 Å². The Morgan fingerprint density at radius 3 is 2.50 bits per heavy atom. The molecule has 222 valence electrons. The summed E-state index contributed by atoms with van der Waals surface area (Å²) in [6.07, 6.45) is 5.21. The molecule has 0 bridgehead atoms. The lowest BCUT2D eigenvalue weighted by atomic mass is 9.85. The van der Waals surface area contributed by atoms with Crippen molar-refractivity contribution in [3.05, 3.63) is 78.4 Å². The number of aliphatic hydroxyl groups is 1. The highest BCUT2D eigenvalue weighted by atomic mass is 16.5. The molecule has 3 heterocycles. The summed E-state index contributed by atoms with van der Waals surface area (Å²) in [7, 11) is 1.60. The number of imidazole rings is 1. The van der Waals surface area contributed by atoms with E-state index in [2.05, 4.69) is 20.2 Å². The molecule has 1 aromatic heterocycles. The van der Waals surface area contributed by atoms with E-state index in [0.29, 0.717) is 51.2 Å². The van der Waals surface area contributed by atoms with Gasteiger partial charge in [-0.25, -0.2) is 4.98 Å². The summed E-state index contributed by atoms with van der Waals surface area (Å²) in [5.74, 6) is 0.311. The molecule has 2 saturated heterocycles. The van der Waals surface area contributed by atoms with Gasteiger partial charge in [0.05, 0.1) is 26.7 Å². The van der Waals surface area contributed by atoms with Crippen molar-refractivity contribution < 1.29 is 24.2 Å². The number of benzene rings is 2. The van der Waals surface area contributed by atoms with Gasteiger partial charge in [-0.1, -0.05) is 30.3 Å². The van der Waals surface area contributed by atoms with Crippen LogP contribution in [0.25, 0.3) is 0 Å². The molecule has 1 spiro atoms. The number of β-amino-alcohol motifs (C(OH)–C–C–N with tert-alkyl or cyclic N) is 1. The van der Waals surface area contributed by atoms with Crippen LogP contribution in [0.4, 0.5) is 5.69 Å². The van der Waals surface area contributed by atoms with E-state index < -0.39 is 11.6 Å². The largest absolute Gasteiger partial charge is 0.497 e. The van der Waals surface area contributed by atoms with Crippen LogP contribution in [0.2, 0.25) is 0 Å². The van der Waals surface area contributed by atoms with Crippen molar-refractivity contribution in [1.82, 2.24) is 25.1 Å². The molecule has 0 saturated carbocycles. The van der Waals surface area contributed by atoms with E-state index in [9.17, 15) is 19.5 Å². The van der Waals surface area contributed by atoms with Crippen LogP contribution < -0.4 is 15.0 Å². The average Bonchev–Trinajstić information content (AvgIpc) is 3.64. The number of carbonyl (C=O) groups is 3. The number of amides is 3. The third-order valence-corrected chi connectivity index (χ3v) is 8.26. The Morgan fingerprint density at radius 1 is 1.12 bits per heavy atom. The second-order valence-corrected chi connectivity index (χ2v) is 10.8. The smallest absolute Gasteiger partial charge is 0.250 e. The van der Waals surface area contributed by atoms with Crippen LogP contribution >= 0.6 is 0 Å². The Morgan fingerprint density at radius 2 is 1.86 bits per heavy atom. The zero-order chi connectivity index (χ0) is 29.5. The topological polar surface area (TPSA) is 131 Å². The van der Waals surface area contributed by atoms with E-state index in [-0.39, 0.29) is 37.3 Å². The summed E-state index contributed by atoms with van der Waals surface area (Å²) >= 11 is 0. The standard InChI is InChI=1S/C31H38N6O5/c1-42-26-10-7-23(8-11-26)19-27(34-28(39)12-9-24-20-32-21-33-24)29(40)35-15-13-31(14-16-35)30(41)36(17-18-38)22-37(31)25-5-3-2-4-6-25/h2-8,10-11,20-21,27,38H,9,12-19,22H2,1H3,(H,32,33)(H,34,39)/t27-/m1/s1. The number of anilines is 1. The molecule has 11 heteroatoms. The zero-order valence-electron chi connectivity index (χ0n) is 23.9. The van der Waals surface area contributed by atoms with Crippen molar-refractivity contribution in [2.75, 3.05) is 44.9 Å². The first-order valence-electron chi connectivity index (χ1n) is 14.3. The first-order valence-corrected chi connectivity index (χ1v) is 14.3. The maximum atomic E-state index is 13.9. The number of piperidine rings is 1. The second-order valence-electron chi connectivity index (χ2n) is 10.8. The van der Waals surface area contributed by atoms with Gasteiger partial charge in [0.1, 0.15) is 17.3 Å². The number of hydrogen-bond donors (Lipinski definition) is 3. The summed E-state index contributed by atoms with van der Waals surface area (Å²) < 4.78 is 5.26. The Bertz CT molecular complexity index is 1340. The Kier molecular flexibility index (Phi) is 9.06. The van der Waals surface area contributed by atoms with Gasteiger partial charge in [-0.2, -0.15) is 0 Å². The van der Waals surface area contributed by atoms with E-state index in [1.54, 1.807) is 29.4 Å². The number of nitrogens with one attached hydrogen (secondary N) is 2. The summed E-state index contributed by atoms with van der Waals surface area (Å²) in [5, 5.41) is 12.5. The molecule has 5 rings (SSSR count). The Hall–Kier alpha value is -4.38. The normalized spacial score (nSPS) is 17.0. The minimum atomic E-state index is -0.786. The maximum absolute atomic E-state index is 13.9. The van der Waals surface area contributed by atoms with E-state index in [1.165, 1.54) is 0 Å². The predicted molar refractivity (Wildman–Crippen MR) is 157 cm³/mol. The van der Waals surface area contributed by atoms with Gasteiger partial charge in [-0.15, -0.1) is 0 Å². The molecule has 11 nitrogen and oxygen atoms in total. The number of para-hydroxylation sites is 1. The molecule has 3 N–H and O–H groups in total. The molecule has 0 unspecified atom stereocenters. The van der Waals surface area contributed by atoms with Crippen molar-refractivity contribution >= 4 is 23.4 Å². The molecule has 42 heavy (non-hydrogen) atoms. The molecule has 2 aliphatic heterocycles. The first-order chi connectivity index (χ1) is 20.4. The summed E-state index contributed by atoms with van der Waals surface area (Å²) in [4.78, 5) is 53.1. The highest BCUT2D eigenvalue weighted by molar-refractivity contribution is 5.94. The van der Waals surface area contributed by atoms with Crippen molar-refractivity contribution in [1.29, 1.82) is 0 Å². The van der Waals surface area contributed by atoms with Gasteiger partial charge in [-0.05, 0) is 49.1 Å². The van der Waals surface area contributed by atoms with Crippen molar-refractivity contribution in [2.24, 2.45) is 0 Å². The second kappa shape index (κ2) is 13.1. The SMILES string of the molecule is COc1ccc(C[C@@H](NC(=O)CCc2cnc[nH]2)C(=O)N2CCC3(CC2)C(=O)N(CCO)CN3c2ccccc2)cc1. The fourth-order valence-electron chi connectivity index (χ4n) is 5.94. The molecular formula is C31H38N6O5. The molecule has 3 amide bonds. The fourth-order valence-corrected chi connectivity index (χ4v) is 5.94. The number of rotatable bonds is 11. The average molecular weight is 575 g/mol. The van der Waals surface area contributed by atoms with Crippen LogP contribution in [-0.2, 0) is 27.2 Å². The van der Waals surface area contributed by atoms with Gasteiger partial charge in [0.25, 0.3) is 0 Å². The predicted octanol–water partition coefficient (Wildman–Crippen LogP) is 1.74. The number of aliphatic hydroxyl groups excluding tert-OH is 1. The number of aryl methyl sites for hydroxylation is 1. The van der Waals surface area contributed by atoms with Crippen molar-refractivity contribution in [3.63, 3.8) is 0 Å². The third kappa shape index (κ3) is 6.25. The van der Waals surface area contributed by atoms with E-state index in [4.69, 9.17) is 4.74 Å². The van der Waals surface area contributed by atoms with Gasteiger partial charge >= 0.3 is 0 Å². The molecule has 2 aliphatic rings. The lowest BCUT2D eigenvalue weighted by Crippen LogP contribution is -2.59. The number of likely N-dealkylation sites (tertiary alicyclic amines) is 1. The monoisotopic (exact) mass is 574 g/mol. The number of H-pyrrole nitrogens is 1. The molecule has 3 aromatic rings. The van der Waals surface area contributed by atoms with Crippen molar-refractivity contribution in [2.45, 2.75) is 43.7 Å². The van der Waals surface area contributed by atoms with Gasteiger partial charge in [0.2, 0.25) is 17.7 Å². The summed E-state index contributed by atoms with van der Waals surface area (Å²) in [6, 6.07) is 16.5. The van der Waals surface area contributed by atoms with Gasteiger partial charge < -0.3 is 34.8 Å². The van der Waals surface area contributed by atoms with E-state index >= 15 is 0 Å². The quantitative estimate of drug-likeness (QED) is 0.318. The number of hydrogen-bond acceptors (Lipinski definition) is 7. The van der Waals surface area contributed by atoms with Crippen LogP contribution in [-0.4, -0.2) is 94.2 Å². The number of nitrogens with zero attached hydrogens (tertiary/aromatic N) is 4. The first kappa shape index (κ1) is 29.1. The molecular weight excluding hydrogens is 536 g/mol. The molecule has 1 atom stereocenters. The summed E-state index contributed by atoms with van der Waals surface area (Å²) in [6.45, 7) is 1.31. The zero-order valence-corrected chi connectivity index (χ0v) is 23.9. The molecule has 2 aromatic carbocycles. The van der Waals surface area contributed by atoms with Gasteiger partial charge in [0.15, 0.2) is 0 Å². The molecule has 0 aliphatic carbocycles. The van der Waals surface area contributed by atoms with Crippen LogP contribution in [0.3, 0.4) is 0 Å². The maximum Gasteiger partial charge on any atom is 0.250 e. The lowest BCUT2D eigenvalue weighted by molar-refractivity contribution is -0.140. The highest BCUT2D eigenvalue weighted by Gasteiger charge is 2.54. The highest BCUT2D eigenvalue weighted by Crippen LogP contribution is 2.39. The van der Waals surface area contributed by atoms with Crippen LogP contribution in [0.5, 0.6) is 5.75 Å². The minimum absolute atomic E-state index is 0.0191. The number of ether oxygens (including phenoxy) is 1. The molecule has 2 fully saturated rings. The van der Waals surface area contributed by atoms with Crippen LogP contribution in [0.1, 0.15) is 30.5 Å². The number of methoxy groups -OCH3 is 1. The number of aromatic amines is 1. The Balaban J connectivity index is 1.31. The minimum Gasteiger partial charge on any atom is -0.497 e. The number of carbonyl (C=O) groups excluding carboxylic acids is 3. The summed E-state index contributed by atoms with van der Waals surface area (Å²) in [5.41, 5.74) is 1.90.